The third-order valence-electron chi connectivity index (χ3n) is 4.19. The zero-order chi connectivity index (χ0) is 18.4. The number of methoxy groups -OCH3 is 2. The monoisotopic (exact) mass is 347 g/mol. The number of rotatable bonds is 6. The molecule has 0 unspecified atom stereocenters. The maximum absolute atomic E-state index is 12.8. The molecule has 0 saturated carbocycles. The molecule has 132 valence electrons. The van der Waals surface area contributed by atoms with Gasteiger partial charge in [-0.25, -0.2) is 0 Å². The predicted octanol–water partition coefficient (Wildman–Crippen LogP) is 4.30. The summed E-state index contributed by atoms with van der Waals surface area (Å²) in [4.78, 5) is 12.8. The molecule has 0 heterocycles. The fraction of sp³-hybridized carbons (Fsp3) is 0.136. The standard InChI is InChI=1S/C22H21NO3/c1-25-18-13-12-17(21(14-18)26-2)15-23-22(24)20-11-7-6-10-19(20)16-8-4-3-5-9-16/h3-14H,15H2,1-2H3,(H,23,24). The Hall–Kier alpha value is -3.27. The molecular formula is C22H21NO3. The van der Waals surface area contributed by atoms with Crippen molar-refractivity contribution in [1.82, 2.24) is 5.32 Å². The van der Waals surface area contributed by atoms with Gasteiger partial charge in [-0.05, 0) is 29.3 Å². The van der Waals surface area contributed by atoms with E-state index in [-0.39, 0.29) is 5.91 Å². The molecule has 3 aromatic rings. The van der Waals surface area contributed by atoms with Crippen LogP contribution < -0.4 is 14.8 Å². The minimum Gasteiger partial charge on any atom is -0.497 e. The number of hydrogen-bond acceptors (Lipinski definition) is 3. The van der Waals surface area contributed by atoms with Gasteiger partial charge in [-0.1, -0.05) is 48.5 Å². The second kappa shape index (κ2) is 8.21. The van der Waals surface area contributed by atoms with Gasteiger partial charge in [0.2, 0.25) is 0 Å². The van der Waals surface area contributed by atoms with E-state index in [9.17, 15) is 4.79 Å². The van der Waals surface area contributed by atoms with Crippen LogP contribution in [0.4, 0.5) is 0 Å². The number of amides is 1. The first kappa shape index (κ1) is 17.5. The Morgan fingerprint density at radius 2 is 1.62 bits per heavy atom. The van der Waals surface area contributed by atoms with Crippen LogP contribution in [0, 0.1) is 0 Å². The fourth-order valence-electron chi connectivity index (χ4n) is 2.82. The molecular weight excluding hydrogens is 326 g/mol. The van der Waals surface area contributed by atoms with Gasteiger partial charge >= 0.3 is 0 Å². The third-order valence-corrected chi connectivity index (χ3v) is 4.19. The Kier molecular flexibility index (Phi) is 5.54. The number of ether oxygens (including phenoxy) is 2. The van der Waals surface area contributed by atoms with Crippen molar-refractivity contribution < 1.29 is 14.3 Å². The molecule has 1 amide bonds. The van der Waals surface area contributed by atoms with E-state index in [0.29, 0.717) is 23.6 Å². The van der Waals surface area contributed by atoms with Crippen molar-refractivity contribution in [3.05, 3.63) is 83.9 Å². The van der Waals surface area contributed by atoms with Crippen LogP contribution in [-0.2, 0) is 6.54 Å². The summed E-state index contributed by atoms with van der Waals surface area (Å²) in [5.41, 5.74) is 3.46. The van der Waals surface area contributed by atoms with E-state index in [0.717, 1.165) is 16.7 Å². The molecule has 0 spiro atoms. The predicted molar refractivity (Wildman–Crippen MR) is 103 cm³/mol. The fourth-order valence-corrected chi connectivity index (χ4v) is 2.82. The summed E-state index contributed by atoms with van der Waals surface area (Å²) in [7, 11) is 3.21. The second-order valence-corrected chi connectivity index (χ2v) is 5.77. The number of hydrogen-bond donors (Lipinski definition) is 1. The average Bonchev–Trinajstić information content (AvgIpc) is 2.72. The largest absolute Gasteiger partial charge is 0.497 e. The van der Waals surface area contributed by atoms with Crippen LogP contribution in [-0.4, -0.2) is 20.1 Å². The van der Waals surface area contributed by atoms with Crippen LogP contribution in [0.2, 0.25) is 0 Å². The first-order chi connectivity index (χ1) is 12.7. The van der Waals surface area contributed by atoms with E-state index in [1.165, 1.54) is 0 Å². The van der Waals surface area contributed by atoms with Crippen LogP contribution in [0.15, 0.2) is 72.8 Å². The van der Waals surface area contributed by atoms with E-state index in [1.54, 1.807) is 20.3 Å². The van der Waals surface area contributed by atoms with Gasteiger partial charge in [0.15, 0.2) is 0 Å². The molecule has 0 atom stereocenters. The summed E-state index contributed by atoms with van der Waals surface area (Å²) in [6.45, 7) is 0.370. The van der Waals surface area contributed by atoms with Crippen molar-refractivity contribution in [3.63, 3.8) is 0 Å². The van der Waals surface area contributed by atoms with Gasteiger partial charge in [0.25, 0.3) is 5.91 Å². The lowest BCUT2D eigenvalue weighted by Gasteiger charge is -2.13. The molecule has 0 saturated heterocycles. The summed E-state index contributed by atoms with van der Waals surface area (Å²) in [6, 6.07) is 23.0. The summed E-state index contributed by atoms with van der Waals surface area (Å²) in [5.74, 6) is 1.27. The molecule has 0 aliphatic carbocycles. The van der Waals surface area contributed by atoms with Gasteiger partial charge in [-0.15, -0.1) is 0 Å². The van der Waals surface area contributed by atoms with Gasteiger partial charge < -0.3 is 14.8 Å². The van der Waals surface area contributed by atoms with Crippen molar-refractivity contribution in [1.29, 1.82) is 0 Å². The number of carbonyl (C=O) groups is 1. The Labute approximate surface area is 153 Å². The zero-order valence-corrected chi connectivity index (χ0v) is 14.9. The van der Waals surface area contributed by atoms with Gasteiger partial charge in [0, 0.05) is 23.7 Å². The Morgan fingerprint density at radius 3 is 2.35 bits per heavy atom. The molecule has 0 aliphatic heterocycles. The molecule has 4 heteroatoms. The quantitative estimate of drug-likeness (QED) is 0.723. The molecule has 26 heavy (non-hydrogen) atoms. The minimum absolute atomic E-state index is 0.123. The highest BCUT2D eigenvalue weighted by Crippen LogP contribution is 2.26. The van der Waals surface area contributed by atoms with Crippen molar-refractivity contribution in [2.75, 3.05) is 14.2 Å². The molecule has 0 aromatic heterocycles. The smallest absolute Gasteiger partial charge is 0.252 e. The van der Waals surface area contributed by atoms with Crippen LogP contribution in [0.25, 0.3) is 11.1 Å². The van der Waals surface area contributed by atoms with Crippen molar-refractivity contribution in [2.45, 2.75) is 6.54 Å². The minimum atomic E-state index is -0.123. The summed E-state index contributed by atoms with van der Waals surface area (Å²) in [6.07, 6.45) is 0. The number of nitrogens with one attached hydrogen (secondary N) is 1. The van der Waals surface area contributed by atoms with Gasteiger partial charge in [-0.2, -0.15) is 0 Å². The topological polar surface area (TPSA) is 47.6 Å². The van der Waals surface area contributed by atoms with Crippen LogP contribution in [0.5, 0.6) is 11.5 Å². The molecule has 1 N–H and O–H groups in total. The summed E-state index contributed by atoms with van der Waals surface area (Å²) < 4.78 is 10.6. The number of benzene rings is 3. The lowest BCUT2D eigenvalue weighted by Crippen LogP contribution is -2.23. The van der Waals surface area contributed by atoms with Gasteiger partial charge in [0.05, 0.1) is 14.2 Å². The first-order valence-corrected chi connectivity index (χ1v) is 8.36. The molecule has 3 aromatic carbocycles. The van der Waals surface area contributed by atoms with Crippen LogP contribution in [0.1, 0.15) is 15.9 Å². The van der Waals surface area contributed by atoms with Crippen molar-refractivity contribution in [3.8, 4) is 22.6 Å². The molecule has 0 aliphatic rings. The summed E-state index contributed by atoms with van der Waals surface area (Å²) >= 11 is 0. The second-order valence-electron chi connectivity index (χ2n) is 5.77. The number of carbonyl (C=O) groups excluding carboxylic acids is 1. The molecule has 0 fully saturated rings. The Balaban J connectivity index is 1.80. The van der Waals surface area contributed by atoms with Crippen LogP contribution in [0.3, 0.4) is 0 Å². The molecule has 0 bridgehead atoms. The highest BCUT2D eigenvalue weighted by Gasteiger charge is 2.13. The Morgan fingerprint density at radius 1 is 0.885 bits per heavy atom. The average molecular weight is 347 g/mol. The molecule has 4 nitrogen and oxygen atoms in total. The zero-order valence-electron chi connectivity index (χ0n) is 14.9. The molecule has 3 rings (SSSR count). The summed E-state index contributed by atoms with van der Waals surface area (Å²) in [5, 5.41) is 2.98. The van der Waals surface area contributed by atoms with E-state index >= 15 is 0 Å². The van der Waals surface area contributed by atoms with E-state index in [1.807, 2.05) is 66.7 Å². The Bertz CT molecular complexity index is 891. The normalized spacial score (nSPS) is 10.2. The van der Waals surface area contributed by atoms with E-state index < -0.39 is 0 Å². The highest BCUT2D eigenvalue weighted by molar-refractivity contribution is 6.00. The van der Waals surface area contributed by atoms with Crippen LogP contribution >= 0.6 is 0 Å². The van der Waals surface area contributed by atoms with Crippen molar-refractivity contribution in [2.24, 2.45) is 0 Å². The van der Waals surface area contributed by atoms with E-state index in [4.69, 9.17) is 9.47 Å². The maximum Gasteiger partial charge on any atom is 0.252 e. The molecule has 0 radical (unpaired) electrons. The lowest BCUT2D eigenvalue weighted by atomic mass is 9.99. The van der Waals surface area contributed by atoms with Gasteiger partial charge in [0.1, 0.15) is 11.5 Å². The lowest BCUT2D eigenvalue weighted by molar-refractivity contribution is 0.0951. The van der Waals surface area contributed by atoms with E-state index in [2.05, 4.69) is 5.32 Å². The first-order valence-electron chi connectivity index (χ1n) is 8.36. The highest BCUT2D eigenvalue weighted by atomic mass is 16.5. The maximum atomic E-state index is 12.8. The van der Waals surface area contributed by atoms with Gasteiger partial charge in [-0.3, -0.25) is 4.79 Å². The van der Waals surface area contributed by atoms with Crippen molar-refractivity contribution >= 4 is 5.91 Å². The SMILES string of the molecule is COc1ccc(CNC(=O)c2ccccc2-c2ccccc2)c(OC)c1. The third kappa shape index (κ3) is 3.86.